The van der Waals surface area contributed by atoms with E-state index in [0.29, 0.717) is 11.8 Å². The molecule has 0 radical (unpaired) electrons. The largest absolute Gasteiger partial charge is 0.449 e. The molecule has 0 amide bonds. The van der Waals surface area contributed by atoms with Crippen molar-refractivity contribution in [3.63, 3.8) is 0 Å². The molecule has 0 saturated carbocycles. The lowest BCUT2D eigenvalue weighted by Gasteiger charge is -2.20. The zero-order valence-electron chi connectivity index (χ0n) is 8.79. The van der Waals surface area contributed by atoms with Crippen LogP contribution in [-0.2, 0) is 0 Å². The van der Waals surface area contributed by atoms with Crippen LogP contribution in [-0.4, -0.2) is 31.1 Å². The van der Waals surface area contributed by atoms with E-state index >= 15 is 0 Å². The van der Waals surface area contributed by atoms with Gasteiger partial charge >= 0.3 is 0 Å². The summed E-state index contributed by atoms with van der Waals surface area (Å²) >= 11 is 5.76. The van der Waals surface area contributed by atoms with E-state index in [1.807, 2.05) is 6.07 Å². The van der Waals surface area contributed by atoms with Crippen molar-refractivity contribution in [1.29, 1.82) is 0 Å². The topological polar surface area (TPSA) is 42.4 Å². The average molecular weight is 229 g/mol. The monoisotopic (exact) mass is 228 g/mol. The van der Waals surface area contributed by atoms with Crippen LogP contribution in [0.3, 0.4) is 0 Å². The molecule has 1 aliphatic rings. The lowest BCUT2D eigenvalue weighted by atomic mass is 10.1. The van der Waals surface area contributed by atoms with Gasteiger partial charge in [-0.05, 0) is 49.7 Å². The zero-order chi connectivity index (χ0) is 10.7. The van der Waals surface area contributed by atoms with Crippen LogP contribution in [0.5, 0.6) is 0 Å². The number of hydrogen-bond donors (Lipinski definition) is 1. The highest BCUT2D eigenvalue weighted by Crippen LogP contribution is 2.23. The van der Waals surface area contributed by atoms with Crippen molar-refractivity contribution in [2.24, 2.45) is 5.73 Å². The van der Waals surface area contributed by atoms with Crippen LogP contribution in [0.4, 0.5) is 0 Å². The third kappa shape index (κ3) is 2.74. The van der Waals surface area contributed by atoms with Gasteiger partial charge in [0.25, 0.3) is 0 Å². The highest BCUT2D eigenvalue weighted by molar-refractivity contribution is 6.28. The number of likely N-dealkylation sites (tertiary alicyclic amines) is 1. The number of rotatable bonds is 4. The molecule has 2 N–H and O–H groups in total. The van der Waals surface area contributed by atoms with E-state index in [2.05, 4.69) is 4.90 Å². The van der Waals surface area contributed by atoms with Gasteiger partial charge in [-0.3, -0.25) is 0 Å². The van der Waals surface area contributed by atoms with Crippen molar-refractivity contribution in [3.8, 4) is 0 Å². The standard InChI is InChI=1S/C11H17ClN2O/c12-11-4-3-10(15-11)9(7-13)8-14-5-1-2-6-14/h3-4,9H,1-2,5-8,13H2. The Labute approximate surface area is 95.2 Å². The van der Waals surface area contributed by atoms with Crippen molar-refractivity contribution >= 4 is 11.6 Å². The Bertz CT molecular complexity index is 307. The summed E-state index contributed by atoms with van der Waals surface area (Å²) in [7, 11) is 0. The van der Waals surface area contributed by atoms with E-state index in [9.17, 15) is 0 Å². The average Bonchev–Trinajstić information content (AvgIpc) is 2.85. The minimum Gasteiger partial charge on any atom is -0.449 e. The van der Waals surface area contributed by atoms with Crippen LogP contribution >= 0.6 is 11.6 Å². The van der Waals surface area contributed by atoms with E-state index in [0.717, 1.165) is 12.3 Å². The fourth-order valence-corrected chi connectivity index (χ4v) is 2.26. The molecule has 1 aromatic rings. The van der Waals surface area contributed by atoms with Gasteiger partial charge in [0.15, 0.2) is 5.22 Å². The Morgan fingerprint density at radius 2 is 2.13 bits per heavy atom. The predicted octanol–water partition coefficient (Wildman–Crippen LogP) is 2.07. The summed E-state index contributed by atoms with van der Waals surface area (Å²) in [5, 5.41) is 0.449. The Morgan fingerprint density at radius 1 is 1.40 bits per heavy atom. The molecule has 0 bridgehead atoms. The number of halogens is 1. The van der Waals surface area contributed by atoms with Gasteiger partial charge in [-0.2, -0.15) is 0 Å². The first-order chi connectivity index (χ1) is 7.29. The van der Waals surface area contributed by atoms with Crippen LogP contribution in [0.1, 0.15) is 24.5 Å². The second kappa shape index (κ2) is 5.01. The van der Waals surface area contributed by atoms with Crippen LogP contribution in [0.25, 0.3) is 0 Å². The maximum absolute atomic E-state index is 5.76. The third-order valence-electron chi connectivity index (χ3n) is 2.96. The Morgan fingerprint density at radius 3 is 2.67 bits per heavy atom. The van der Waals surface area contributed by atoms with Crippen molar-refractivity contribution in [2.75, 3.05) is 26.2 Å². The summed E-state index contributed by atoms with van der Waals surface area (Å²) in [5.41, 5.74) is 5.76. The number of furan rings is 1. The number of nitrogens with two attached hydrogens (primary N) is 1. The summed E-state index contributed by atoms with van der Waals surface area (Å²) in [6.07, 6.45) is 2.60. The third-order valence-corrected chi connectivity index (χ3v) is 3.16. The van der Waals surface area contributed by atoms with E-state index in [1.165, 1.54) is 25.9 Å². The molecule has 1 aliphatic heterocycles. The molecule has 1 aromatic heterocycles. The SMILES string of the molecule is NCC(CN1CCCC1)c1ccc(Cl)o1. The van der Waals surface area contributed by atoms with Crippen molar-refractivity contribution in [3.05, 3.63) is 23.1 Å². The summed E-state index contributed by atoms with van der Waals surface area (Å²) in [5.74, 6) is 1.19. The van der Waals surface area contributed by atoms with Gasteiger partial charge in [-0.15, -0.1) is 0 Å². The molecule has 0 aromatic carbocycles. The quantitative estimate of drug-likeness (QED) is 0.858. The molecule has 1 unspecified atom stereocenters. The van der Waals surface area contributed by atoms with E-state index in [4.69, 9.17) is 21.8 Å². The zero-order valence-corrected chi connectivity index (χ0v) is 9.54. The lowest BCUT2D eigenvalue weighted by Crippen LogP contribution is -2.29. The molecule has 2 rings (SSSR count). The molecule has 0 spiro atoms. The molecule has 1 fully saturated rings. The second-order valence-corrected chi connectivity index (χ2v) is 4.45. The van der Waals surface area contributed by atoms with Gasteiger partial charge in [0.1, 0.15) is 5.76 Å². The molecule has 15 heavy (non-hydrogen) atoms. The van der Waals surface area contributed by atoms with Gasteiger partial charge in [-0.25, -0.2) is 0 Å². The smallest absolute Gasteiger partial charge is 0.193 e. The Kier molecular flexibility index (Phi) is 3.67. The Hall–Kier alpha value is -0.510. The molecule has 0 aliphatic carbocycles. The maximum Gasteiger partial charge on any atom is 0.193 e. The fraction of sp³-hybridized carbons (Fsp3) is 0.636. The van der Waals surface area contributed by atoms with Gasteiger partial charge in [0.05, 0.1) is 0 Å². The normalized spacial score (nSPS) is 19.6. The Balaban J connectivity index is 1.97. The van der Waals surface area contributed by atoms with E-state index < -0.39 is 0 Å². The highest BCUT2D eigenvalue weighted by atomic mass is 35.5. The van der Waals surface area contributed by atoms with Crippen molar-refractivity contribution < 1.29 is 4.42 Å². The second-order valence-electron chi connectivity index (χ2n) is 4.08. The minimum absolute atomic E-state index is 0.274. The number of hydrogen-bond acceptors (Lipinski definition) is 3. The molecule has 4 heteroatoms. The summed E-state index contributed by atoms with van der Waals surface area (Å²) in [4.78, 5) is 2.44. The summed E-state index contributed by atoms with van der Waals surface area (Å²) in [6.45, 7) is 3.97. The lowest BCUT2D eigenvalue weighted by molar-refractivity contribution is 0.297. The molecule has 1 saturated heterocycles. The van der Waals surface area contributed by atoms with Gasteiger partial charge in [0.2, 0.25) is 0 Å². The molecular formula is C11H17ClN2O. The van der Waals surface area contributed by atoms with E-state index in [1.54, 1.807) is 6.07 Å². The minimum atomic E-state index is 0.274. The van der Waals surface area contributed by atoms with Crippen LogP contribution < -0.4 is 5.73 Å². The maximum atomic E-state index is 5.76. The highest BCUT2D eigenvalue weighted by Gasteiger charge is 2.20. The first kappa shape index (κ1) is 11.0. The molecule has 2 heterocycles. The van der Waals surface area contributed by atoms with E-state index in [-0.39, 0.29) is 5.92 Å². The molecule has 84 valence electrons. The first-order valence-corrected chi connectivity index (χ1v) is 5.85. The first-order valence-electron chi connectivity index (χ1n) is 5.47. The number of nitrogens with zero attached hydrogens (tertiary/aromatic N) is 1. The van der Waals surface area contributed by atoms with Gasteiger partial charge < -0.3 is 15.1 Å². The summed E-state index contributed by atoms with van der Waals surface area (Å²) < 4.78 is 5.41. The van der Waals surface area contributed by atoms with Crippen molar-refractivity contribution in [1.82, 2.24) is 4.90 Å². The van der Waals surface area contributed by atoms with Crippen LogP contribution in [0.15, 0.2) is 16.5 Å². The predicted molar refractivity (Wildman–Crippen MR) is 61.2 cm³/mol. The molecular weight excluding hydrogens is 212 g/mol. The molecule has 3 nitrogen and oxygen atoms in total. The van der Waals surface area contributed by atoms with Crippen LogP contribution in [0.2, 0.25) is 5.22 Å². The van der Waals surface area contributed by atoms with Crippen molar-refractivity contribution in [2.45, 2.75) is 18.8 Å². The van der Waals surface area contributed by atoms with Gasteiger partial charge in [0, 0.05) is 19.0 Å². The fourth-order valence-electron chi connectivity index (χ4n) is 2.11. The summed E-state index contributed by atoms with van der Waals surface area (Å²) in [6, 6.07) is 3.71. The van der Waals surface area contributed by atoms with Crippen LogP contribution in [0, 0.1) is 0 Å². The molecule has 1 atom stereocenters. The van der Waals surface area contributed by atoms with Gasteiger partial charge in [-0.1, -0.05) is 0 Å².